The third-order valence-electron chi connectivity index (χ3n) is 7.83. The van der Waals surface area contributed by atoms with Crippen LogP contribution in [0, 0.1) is 11.2 Å². The number of amides is 1. The van der Waals surface area contributed by atoms with E-state index in [0.717, 1.165) is 38.1 Å². The van der Waals surface area contributed by atoms with Crippen molar-refractivity contribution in [2.45, 2.75) is 44.4 Å². The standard InChI is InChI=1S/C26H32F3N5O4S/c27-18-15-21(30-23(16-18)34-11-7-26(28,29)8-12-34)24(36)31-20-2-1-19(32-39(37,38)14-13-35)17-22(20)33-9-5-25(3-4-25)6-10-33/h1-2,15-17,32,35H,3-14H2,(H,31,36). The fourth-order valence-electron chi connectivity index (χ4n) is 5.22. The molecule has 3 N–H and O–H groups in total. The monoisotopic (exact) mass is 567 g/mol. The summed E-state index contributed by atoms with van der Waals surface area (Å²) in [5.41, 5.74) is 1.49. The summed E-state index contributed by atoms with van der Waals surface area (Å²) in [7, 11) is -3.76. The second-order valence-corrected chi connectivity index (χ2v) is 12.5. The van der Waals surface area contributed by atoms with Gasteiger partial charge in [0.05, 0.1) is 29.4 Å². The molecular formula is C26H32F3N5O4S. The summed E-state index contributed by atoms with van der Waals surface area (Å²) in [5, 5.41) is 11.8. The van der Waals surface area contributed by atoms with Crippen LogP contribution >= 0.6 is 0 Å². The van der Waals surface area contributed by atoms with Crippen molar-refractivity contribution in [2.75, 3.05) is 58.4 Å². The van der Waals surface area contributed by atoms with E-state index >= 15 is 0 Å². The molecule has 2 aromatic rings. The molecule has 1 spiro atoms. The topological polar surface area (TPSA) is 115 Å². The van der Waals surface area contributed by atoms with E-state index < -0.39 is 40.0 Å². The molecule has 0 radical (unpaired) electrons. The van der Waals surface area contributed by atoms with Crippen molar-refractivity contribution in [1.82, 2.24) is 4.98 Å². The Bertz CT molecular complexity index is 1330. The fourth-order valence-corrected chi connectivity index (χ4v) is 6.05. The summed E-state index contributed by atoms with van der Waals surface area (Å²) < 4.78 is 68.5. The van der Waals surface area contributed by atoms with E-state index in [1.54, 1.807) is 12.1 Å². The van der Waals surface area contributed by atoms with Crippen molar-refractivity contribution in [3.8, 4) is 0 Å². The molecule has 9 nitrogen and oxygen atoms in total. The number of pyridine rings is 1. The molecule has 2 aliphatic heterocycles. The maximum Gasteiger partial charge on any atom is 0.274 e. The molecule has 0 unspecified atom stereocenters. The SMILES string of the molecule is O=C(Nc1ccc(NS(=O)(=O)CCO)cc1N1CCC2(CC1)CC2)c1cc(F)cc(N2CCC(F)(F)CC2)n1. The van der Waals surface area contributed by atoms with Gasteiger partial charge in [-0.1, -0.05) is 0 Å². The van der Waals surface area contributed by atoms with Crippen molar-refractivity contribution in [3.05, 3.63) is 41.8 Å². The summed E-state index contributed by atoms with van der Waals surface area (Å²) in [6, 6.07) is 6.82. The van der Waals surface area contributed by atoms with Gasteiger partial charge in [-0.05, 0) is 49.3 Å². The normalized spacial score (nSPS) is 20.1. The van der Waals surface area contributed by atoms with Crippen LogP contribution in [-0.2, 0) is 10.0 Å². The van der Waals surface area contributed by atoms with Gasteiger partial charge in [0.25, 0.3) is 11.8 Å². The number of hydrogen-bond acceptors (Lipinski definition) is 7. The molecule has 1 aliphatic carbocycles. The van der Waals surface area contributed by atoms with Gasteiger partial charge in [0.15, 0.2) is 0 Å². The molecule has 39 heavy (non-hydrogen) atoms. The first kappa shape index (κ1) is 27.5. The molecule has 212 valence electrons. The second-order valence-electron chi connectivity index (χ2n) is 10.7. The van der Waals surface area contributed by atoms with Gasteiger partial charge in [-0.2, -0.15) is 0 Å². The number of nitrogens with one attached hydrogen (secondary N) is 2. The number of aliphatic hydroxyl groups excluding tert-OH is 1. The highest BCUT2D eigenvalue weighted by molar-refractivity contribution is 7.92. The predicted octanol–water partition coefficient (Wildman–Crippen LogP) is 3.82. The van der Waals surface area contributed by atoms with E-state index in [-0.39, 0.29) is 43.1 Å². The highest BCUT2D eigenvalue weighted by Gasteiger charge is 2.44. The minimum absolute atomic E-state index is 0.00123. The van der Waals surface area contributed by atoms with Gasteiger partial charge >= 0.3 is 0 Å². The number of nitrogens with zero attached hydrogens (tertiary/aromatic N) is 3. The van der Waals surface area contributed by atoms with Crippen LogP contribution in [0.25, 0.3) is 0 Å². The number of piperidine rings is 2. The van der Waals surface area contributed by atoms with Crippen LogP contribution < -0.4 is 19.8 Å². The summed E-state index contributed by atoms with van der Waals surface area (Å²) in [4.78, 5) is 21.1. The van der Waals surface area contributed by atoms with Gasteiger partial charge in [0.1, 0.15) is 17.3 Å². The number of carbonyl (C=O) groups excluding carboxylic acids is 1. The smallest absolute Gasteiger partial charge is 0.274 e. The minimum Gasteiger partial charge on any atom is -0.395 e. The van der Waals surface area contributed by atoms with Gasteiger partial charge in [0, 0.05) is 51.2 Å². The number of halogens is 3. The van der Waals surface area contributed by atoms with Gasteiger partial charge < -0.3 is 20.2 Å². The number of rotatable bonds is 8. The molecule has 1 saturated carbocycles. The number of carbonyl (C=O) groups is 1. The molecule has 3 heterocycles. The molecule has 1 aromatic heterocycles. The van der Waals surface area contributed by atoms with Crippen molar-refractivity contribution in [1.29, 1.82) is 0 Å². The first-order chi connectivity index (χ1) is 18.5. The first-order valence-corrected chi connectivity index (χ1v) is 14.7. The molecule has 5 rings (SSSR count). The van der Waals surface area contributed by atoms with Crippen molar-refractivity contribution in [3.63, 3.8) is 0 Å². The number of benzene rings is 1. The average Bonchev–Trinajstić information content (AvgIpc) is 3.63. The molecule has 1 amide bonds. The van der Waals surface area contributed by atoms with E-state index in [9.17, 15) is 26.4 Å². The zero-order valence-corrected chi connectivity index (χ0v) is 22.2. The zero-order chi connectivity index (χ0) is 27.8. The van der Waals surface area contributed by atoms with Crippen LogP contribution in [0.2, 0.25) is 0 Å². The molecule has 2 saturated heterocycles. The Morgan fingerprint density at radius 2 is 1.64 bits per heavy atom. The Labute approximate surface area is 225 Å². The summed E-state index contributed by atoms with van der Waals surface area (Å²) >= 11 is 0. The van der Waals surface area contributed by atoms with Crippen molar-refractivity contribution < 1.29 is 31.5 Å². The quantitative estimate of drug-likeness (QED) is 0.444. The van der Waals surface area contributed by atoms with Crippen LogP contribution in [-0.4, -0.2) is 68.9 Å². The molecule has 3 fully saturated rings. The lowest BCUT2D eigenvalue weighted by molar-refractivity contribution is -0.0221. The maximum atomic E-state index is 14.5. The van der Waals surface area contributed by atoms with E-state index in [0.29, 0.717) is 16.8 Å². The number of sulfonamides is 1. The maximum absolute atomic E-state index is 14.5. The molecule has 3 aliphatic rings. The Balaban J connectivity index is 1.38. The van der Waals surface area contributed by atoms with Crippen LogP contribution in [0.1, 0.15) is 49.0 Å². The highest BCUT2D eigenvalue weighted by Crippen LogP contribution is 2.54. The van der Waals surface area contributed by atoms with Crippen molar-refractivity contribution >= 4 is 38.8 Å². The Morgan fingerprint density at radius 1 is 0.974 bits per heavy atom. The summed E-state index contributed by atoms with van der Waals surface area (Å²) in [5.74, 6) is -4.48. The lowest BCUT2D eigenvalue weighted by atomic mass is 9.93. The lowest BCUT2D eigenvalue weighted by Crippen LogP contribution is -2.40. The number of hydrogen-bond donors (Lipinski definition) is 3. The Morgan fingerprint density at radius 3 is 2.28 bits per heavy atom. The van der Waals surface area contributed by atoms with Crippen LogP contribution in [0.5, 0.6) is 0 Å². The van der Waals surface area contributed by atoms with E-state index in [2.05, 4.69) is 19.9 Å². The van der Waals surface area contributed by atoms with Gasteiger partial charge in [-0.15, -0.1) is 0 Å². The van der Waals surface area contributed by atoms with E-state index in [1.165, 1.54) is 23.8 Å². The molecule has 0 atom stereocenters. The van der Waals surface area contributed by atoms with E-state index in [4.69, 9.17) is 5.11 Å². The third kappa shape index (κ3) is 6.57. The fraction of sp³-hybridized carbons (Fsp3) is 0.538. The number of aliphatic hydroxyl groups is 1. The highest BCUT2D eigenvalue weighted by atomic mass is 32.2. The largest absolute Gasteiger partial charge is 0.395 e. The number of anilines is 4. The third-order valence-corrected chi connectivity index (χ3v) is 9.10. The van der Waals surface area contributed by atoms with Gasteiger partial charge in [-0.3, -0.25) is 9.52 Å². The van der Waals surface area contributed by atoms with Crippen molar-refractivity contribution in [2.24, 2.45) is 5.41 Å². The minimum atomic E-state index is -3.76. The molecular weight excluding hydrogens is 535 g/mol. The Hall–Kier alpha value is -3.06. The van der Waals surface area contributed by atoms with E-state index in [1.807, 2.05) is 0 Å². The molecule has 1 aromatic carbocycles. The van der Waals surface area contributed by atoms with Gasteiger partial charge in [0.2, 0.25) is 10.0 Å². The molecule has 13 heteroatoms. The summed E-state index contributed by atoms with van der Waals surface area (Å²) in [6.45, 7) is 0.944. The zero-order valence-electron chi connectivity index (χ0n) is 21.4. The average molecular weight is 568 g/mol. The van der Waals surface area contributed by atoms with Crippen LogP contribution in [0.15, 0.2) is 30.3 Å². The predicted molar refractivity (Wildman–Crippen MR) is 143 cm³/mol. The Kier molecular flexibility index (Phi) is 7.40. The van der Waals surface area contributed by atoms with Gasteiger partial charge in [-0.25, -0.2) is 26.6 Å². The molecule has 0 bridgehead atoms. The summed E-state index contributed by atoms with van der Waals surface area (Å²) in [6.07, 6.45) is 3.64. The second kappa shape index (κ2) is 10.5. The first-order valence-electron chi connectivity index (χ1n) is 13.1. The van der Waals surface area contributed by atoms with Crippen LogP contribution in [0.3, 0.4) is 0 Å². The number of aromatic nitrogens is 1. The van der Waals surface area contributed by atoms with Crippen LogP contribution in [0.4, 0.5) is 36.1 Å². The lowest BCUT2D eigenvalue weighted by Gasteiger charge is -2.35. The number of alkyl halides is 2.